The van der Waals surface area contributed by atoms with E-state index >= 15 is 0 Å². The molecule has 0 aliphatic carbocycles. The van der Waals surface area contributed by atoms with E-state index in [1.54, 1.807) is 18.2 Å². The molecule has 2 N–H and O–H groups in total. The van der Waals surface area contributed by atoms with Crippen molar-refractivity contribution < 1.29 is 9.59 Å². The van der Waals surface area contributed by atoms with Gasteiger partial charge >= 0.3 is 0 Å². The zero-order valence-electron chi connectivity index (χ0n) is 11.7. The van der Waals surface area contributed by atoms with Gasteiger partial charge in [-0.05, 0) is 23.8 Å². The van der Waals surface area contributed by atoms with Gasteiger partial charge in [0, 0.05) is 30.1 Å². The number of benzene rings is 1. The minimum atomic E-state index is -0.196. The van der Waals surface area contributed by atoms with Crippen LogP contribution in [0.5, 0.6) is 0 Å². The predicted octanol–water partition coefficient (Wildman–Crippen LogP) is 2.24. The lowest BCUT2D eigenvalue weighted by Crippen LogP contribution is -2.35. The minimum absolute atomic E-state index is 0.0176. The summed E-state index contributed by atoms with van der Waals surface area (Å²) in [5.41, 5.74) is 0.901. The number of hydrogen-bond donors (Lipinski definition) is 2. The Balaban J connectivity index is 2.26. The van der Waals surface area contributed by atoms with Gasteiger partial charge in [-0.2, -0.15) is 0 Å². The first-order chi connectivity index (χ1) is 9.49. The predicted molar refractivity (Wildman–Crippen MR) is 81.3 cm³/mol. The van der Waals surface area contributed by atoms with Crippen LogP contribution in [-0.2, 0) is 9.59 Å². The van der Waals surface area contributed by atoms with Crippen LogP contribution in [0.4, 0.5) is 0 Å². The van der Waals surface area contributed by atoms with Crippen molar-refractivity contribution in [1.82, 2.24) is 10.6 Å². The maximum atomic E-state index is 11.5. The third-order valence-corrected chi connectivity index (χ3v) is 2.80. The average molecular weight is 295 g/mol. The molecule has 1 rings (SSSR count). The highest BCUT2D eigenvalue weighted by Crippen LogP contribution is 2.10. The fraction of sp³-hybridized carbons (Fsp3) is 0.333. The van der Waals surface area contributed by atoms with Gasteiger partial charge in [-0.15, -0.1) is 0 Å². The molecule has 0 saturated heterocycles. The Bertz CT molecular complexity index is 481. The van der Waals surface area contributed by atoms with Crippen LogP contribution in [0.15, 0.2) is 30.3 Å². The third kappa shape index (κ3) is 6.38. The fourth-order valence-corrected chi connectivity index (χ4v) is 1.51. The molecule has 1 aromatic carbocycles. The second kappa shape index (κ2) is 8.38. The van der Waals surface area contributed by atoms with E-state index in [4.69, 9.17) is 11.6 Å². The quantitative estimate of drug-likeness (QED) is 0.624. The van der Waals surface area contributed by atoms with Crippen molar-refractivity contribution in [2.24, 2.45) is 5.92 Å². The Morgan fingerprint density at radius 2 is 1.75 bits per heavy atom. The van der Waals surface area contributed by atoms with Crippen molar-refractivity contribution in [3.63, 3.8) is 0 Å². The molecule has 20 heavy (non-hydrogen) atoms. The SMILES string of the molecule is CC(C)C(=O)NCCNC(=O)C=Cc1ccc(Cl)cc1. The molecule has 0 bridgehead atoms. The van der Waals surface area contributed by atoms with Gasteiger partial charge in [0.15, 0.2) is 0 Å². The molecule has 0 fully saturated rings. The van der Waals surface area contributed by atoms with Crippen molar-refractivity contribution in [3.8, 4) is 0 Å². The zero-order valence-corrected chi connectivity index (χ0v) is 12.4. The molecule has 0 heterocycles. The van der Waals surface area contributed by atoms with Crippen molar-refractivity contribution in [3.05, 3.63) is 40.9 Å². The summed E-state index contributed by atoms with van der Waals surface area (Å²) in [5, 5.41) is 6.08. The third-order valence-electron chi connectivity index (χ3n) is 2.55. The summed E-state index contributed by atoms with van der Waals surface area (Å²) in [4.78, 5) is 22.8. The molecule has 108 valence electrons. The Kier molecular flexibility index (Phi) is 6.81. The van der Waals surface area contributed by atoms with Crippen molar-refractivity contribution in [1.29, 1.82) is 0 Å². The lowest BCUT2D eigenvalue weighted by Gasteiger charge is -2.07. The average Bonchev–Trinajstić information content (AvgIpc) is 2.42. The van der Waals surface area contributed by atoms with Crippen LogP contribution < -0.4 is 10.6 Å². The van der Waals surface area contributed by atoms with Crippen LogP contribution in [0.3, 0.4) is 0 Å². The monoisotopic (exact) mass is 294 g/mol. The molecular weight excluding hydrogens is 276 g/mol. The molecule has 0 radical (unpaired) electrons. The lowest BCUT2D eigenvalue weighted by atomic mass is 10.2. The number of amides is 2. The topological polar surface area (TPSA) is 58.2 Å². The second-order valence-corrected chi connectivity index (χ2v) is 5.06. The van der Waals surface area contributed by atoms with E-state index in [2.05, 4.69) is 10.6 Å². The van der Waals surface area contributed by atoms with Crippen LogP contribution in [0.1, 0.15) is 19.4 Å². The Labute approximate surface area is 124 Å². The van der Waals surface area contributed by atoms with Gasteiger partial charge in [-0.3, -0.25) is 9.59 Å². The molecule has 2 amide bonds. The van der Waals surface area contributed by atoms with Crippen LogP contribution in [0.25, 0.3) is 6.08 Å². The van der Waals surface area contributed by atoms with Crippen LogP contribution in [0, 0.1) is 5.92 Å². The number of halogens is 1. The molecule has 0 saturated carbocycles. The van der Waals surface area contributed by atoms with E-state index in [0.29, 0.717) is 18.1 Å². The fourth-order valence-electron chi connectivity index (χ4n) is 1.38. The summed E-state index contributed by atoms with van der Waals surface area (Å²) in [6, 6.07) is 7.19. The molecule has 0 aromatic heterocycles. The van der Waals surface area contributed by atoms with E-state index in [-0.39, 0.29) is 17.7 Å². The maximum absolute atomic E-state index is 11.5. The van der Waals surface area contributed by atoms with Crippen LogP contribution in [0.2, 0.25) is 5.02 Å². The van der Waals surface area contributed by atoms with E-state index in [1.165, 1.54) is 6.08 Å². The van der Waals surface area contributed by atoms with Gasteiger partial charge < -0.3 is 10.6 Å². The maximum Gasteiger partial charge on any atom is 0.244 e. The Hall–Kier alpha value is -1.81. The second-order valence-electron chi connectivity index (χ2n) is 4.62. The molecule has 4 nitrogen and oxygen atoms in total. The molecular formula is C15H19ClN2O2. The van der Waals surface area contributed by atoms with Gasteiger partial charge in [-0.25, -0.2) is 0 Å². The smallest absolute Gasteiger partial charge is 0.244 e. The van der Waals surface area contributed by atoms with Gasteiger partial charge in [-0.1, -0.05) is 37.6 Å². The van der Waals surface area contributed by atoms with Crippen molar-refractivity contribution in [2.45, 2.75) is 13.8 Å². The van der Waals surface area contributed by atoms with E-state index in [9.17, 15) is 9.59 Å². The Morgan fingerprint density at radius 1 is 1.15 bits per heavy atom. The highest BCUT2D eigenvalue weighted by atomic mass is 35.5. The standard InChI is InChI=1S/C15H19ClN2O2/c1-11(2)15(20)18-10-9-17-14(19)8-5-12-3-6-13(16)7-4-12/h3-8,11H,9-10H2,1-2H3,(H,17,19)(H,18,20). The highest BCUT2D eigenvalue weighted by Gasteiger charge is 2.04. The summed E-state index contributed by atoms with van der Waals surface area (Å²) in [6.45, 7) is 4.48. The number of hydrogen-bond acceptors (Lipinski definition) is 2. The summed E-state index contributed by atoms with van der Waals surface area (Å²) in [6.07, 6.45) is 3.16. The number of carbonyl (C=O) groups excluding carboxylic acids is 2. The summed E-state index contributed by atoms with van der Waals surface area (Å²) >= 11 is 5.77. The molecule has 0 atom stereocenters. The lowest BCUT2D eigenvalue weighted by molar-refractivity contribution is -0.124. The molecule has 0 unspecified atom stereocenters. The number of nitrogens with one attached hydrogen (secondary N) is 2. The summed E-state index contributed by atoms with van der Waals surface area (Å²) < 4.78 is 0. The van der Waals surface area contributed by atoms with E-state index in [1.807, 2.05) is 26.0 Å². The molecule has 0 spiro atoms. The molecule has 0 aliphatic heterocycles. The Morgan fingerprint density at radius 3 is 2.35 bits per heavy atom. The van der Waals surface area contributed by atoms with Crippen LogP contribution in [-0.4, -0.2) is 24.9 Å². The molecule has 5 heteroatoms. The minimum Gasteiger partial charge on any atom is -0.354 e. The zero-order chi connectivity index (χ0) is 15.0. The van der Waals surface area contributed by atoms with Crippen LogP contribution >= 0.6 is 11.6 Å². The van der Waals surface area contributed by atoms with E-state index in [0.717, 1.165) is 5.56 Å². The first kappa shape index (κ1) is 16.2. The molecule has 0 aliphatic rings. The first-order valence-electron chi connectivity index (χ1n) is 6.48. The van der Waals surface area contributed by atoms with Gasteiger partial charge in [0.25, 0.3) is 0 Å². The summed E-state index contributed by atoms with van der Waals surface area (Å²) in [5.74, 6) is -0.259. The highest BCUT2D eigenvalue weighted by molar-refractivity contribution is 6.30. The summed E-state index contributed by atoms with van der Waals surface area (Å²) in [7, 11) is 0. The van der Waals surface area contributed by atoms with E-state index < -0.39 is 0 Å². The van der Waals surface area contributed by atoms with Gasteiger partial charge in [0.2, 0.25) is 11.8 Å². The molecule has 1 aromatic rings. The van der Waals surface area contributed by atoms with Gasteiger partial charge in [0.05, 0.1) is 0 Å². The first-order valence-corrected chi connectivity index (χ1v) is 6.86. The normalized spacial score (nSPS) is 10.8. The van der Waals surface area contributed by atoms with Gasteiger partial charge in [0.1, 0.15) is 0 Å². The van der Waals surface area contributed by atoms with Crippen molar-refractivity contribution >= 4 is 29.5 Å². The number of carbonyl (C=O) groups is 2. The van der Waals surface area contributed by atoms with Crippen molar-refractivity contribution in [2.75, 3.05) is 13.1 Å². The largest absolute Gasteiger partial charge is 0.354 e. The number of rotatable bonds is 6.